The fraction of sp³-hybridized carbons (Fsp3) is 0.444. The van der Waals surface area contributed by atoms with Gasteiger partial charge in [0.25, 0.3) is 5.69 Å². The van der Waals surface area contributed by atoms with Crippen LogP contribution in [0.15, 0.2) is 54.7 Å². The molecule has 2 aromatic carbocycles. The SMILES string of the molecule is CC(C)[C@H](NC(=O)[C@@H]1C=C2c3cccc4[nH]cc(c34)C[C@H]2N(C)C1)C(=O)N[C@@H](Cc1ccc([N+](=O)[O-])cc1)C(=O)N1CCCC(C(N)=O)C1. The number of non-ortho nitro benzene ring substituents is 1. The van der Waals surface area contributed by atoms with E-state index in [1.54, 1.807) is 17.0 Å². The van der Waals surface area contributed by atoms with Gasteiger partial charge in [0, 0.05) is 61.3 Å². The molecule has 0 radical (unpaired) electrons. The maximum absolute atomic E-state index is 13.9. The normalized spacial score (nSPS) is 21.8. The summed E-state index contributed by atoms with van der Waals surface area (Å²) in [6.07, 6.45) is 6.17. The van der Waals surface area contributed by atoms with Gasteiger partial charge < -0.3 is 26.3 Å². The van der Waals surface area contributed by atoms with Crippen LogP contribution in [-0.2, 0) is 32.0 Å². The van der Waals surface area contributed by atoms with Crippen molar-refractivity contribution in [3.63, 3.8) is 0 Å². The molecule has 1 aromatic heterocycles. The summed E-state index contributed by atoms with van der Waals surface area (Å²) in [6, 6.07) is 10.1. The van der Waals surface area contributed by atoms with Crippen LogP contribution in [0.25, 0.3) is 16.5 Å². The molecular weight excluding hydrogens is 626 g/mol. The van der Waals surface area contributed by atoms with Gasteiger partial charge in [-0.1, -0.05) is 44.2 Å². The molecule has 1 aliphatic carbocycles. The standard InChI is InChI=1S/C36H43N7O6/c1-20(2)32(40-34(45)24-15-27-26-7-4-8-28-31(26)23(17-38-28)16-30(27)41(3)18-24)35(46)39-29(14-21-9-11-25(12-10-21)43(48)49)36(47)42-13-5-6-22(19-42)33(37)44/h4,7-12,15,17,20,22,24,29-30,32,38H,5-6,13-14,16,18-19H2,1-3H3,(H2,37,44)(H,39,46)(H,40,45)/t22?,24-,29+,30-,32+/m1/s1. The number of aromatic nitrogens is 1. The number of hydrogen-bond donors (Lipinski definition) is 4. The first kappa shape index (κ1) is 33.8. The predicted octanol–water partition coefficient (Wildman–Crippen LogP) is 2.54. The number of nitrogens with two attached hydrogens (primary N) is 1. The van der Waals surface area contributed by atoms with Crippen LogP contribution in [0.5, 0.6) is 0 Å². The summed E-state index contributed by atoms with van der Waals surface area (Å²) >= 11 is 0. The molecular formula is C36H43N7O6. The Labute approximate surface area is 284 Å². The first-order valence-corrected chi connectivity index (χ1v) is 16.8. The van der Waals surface area contributed by atoms with Gasteiger partial charge in [-0.15, -0.1) is 0 Å². The smallest absolute Gasteiger partial charge is 0.269 e. The maximum atomic E-state index is 13.9. The molecule has 1 fully saturated rings. The highest BCUT2D eigenvalue weighted by molar-refractivity contribution is 6.00. The molecule has 13 nitrogen and oxygen atoms in total. The number of nitro benzene ring substituents is 1. The van der Waals surface area contributed by atoms with Gasteiger partial charge in [-0.3, -0.25) is 34.2 Å². The number of likely N-dealkylation sites (tertiary alicyclic amines) is 1. The van der Waals surface area contributed by atoms with Crippen molar-refractivity contribution in [3.8, 4) is 0 Å². The molecule has 0 bridgehead atoms. The molecule has 4 amide bonds. The Morgan fingerprint density at radius 2 is 1.84 bits per heavy atom. The van der Waals surface area contributed by atoms with E-state index in [1.807, 2.05) is 39.1 Å². The first-order chi connectivity index (χ1) is 23.4. The molecule has 5 N–H and O–H groups in total. The molecule has 6 rings (SSSR count). The fourth-order valence-electron chi connectivity index (χ4n) is 7.49. The molecule has 13 heteroatoms. The lowest BCUT2D eigenvalue weighted by Gasteiger charge is -2.40. The topological polar surface area (TPSA) is 184 Å². The van der Waals surface area contributed by atoms with Crippen LogP contribution in [0.4, 0.5) is 5.69 Å². The van der Waals surface area contributed by atoms with Crippen molar-refractivity contribution in [3.05, 3.63) is 81.5 Å². The summed E-state index contributed by atoms with van der Waals surface area (Å²) in [4.78, 5) is 71.5. The van der Waals surface area contributed by atoms with Crippen LogP contribution < -0.4 is 16.4 Å². The Kier molecular flexibility index (Phi) is 9.55. The van der Waals surface area contributed by atoms with Gasteiger partial charge in [0.15, 0.2) is 0 Å². The summed E-state index contributed by atoms with van der Waals surface area (Å²) in [5.41, 5.74) is 10.6. The molecule has 3 aliphatic rings. The summed E-state index contributed by atoms with van der Waals surface area (Å²) in [7, 11) is 2.01. The minimum atomic E-state index is -1.04. The van der Waals surface area contributed by atoms with Gasteiger partial charge in [-0.2, -0.15) is 0 Å². The molecule has 49 heavy (non-hydrogen) atoms. The van der Waals surface area contributed by atoms with Gasteiger partial charge in [0.05, 0.1) is 16.8 Å². The summed E-state index contributed by atoms with van der Waals surface area (Å²) in [5, 5.41) is 18.2. The minimum absolute atomic E-state index is 0.0622. The number of aromatic amines is 1. The zero-order chi connectivity index (χ0) is 35.0. The van der Waals surface area contributed by atoms with Crippen molar-refractivity contribution < 1.29 is 24.1 Å². The molecule has 0 saturated carbocycles. The van der Waals surface area contributed by atoms with Crippen molar-refractivity contribution >= 4 is 45.8 Å². The highest BCUT2D eigenvalue weighted by atomic mass is 16.6. The van der Waals surface area contributed by atoms with E-state index in [4.69, 9.17) is 5.73 Å². The average Bonchev–Trinajstić information content (AvgIpc) is 3.50. The minimum Gasteiger partial charge on any atom is -0.369 e. The number of carbonyl (C=O) groups is 4. The number of hydrogen-bond acceptors (Lipinski definition) is 7. The Morgan fingerprint density at radius 3 is 2.53 bits per heavy atom. The fourth-order valence-corrected chi connectivity index (χ4v) is 7.49. The third-order valence-electron chi connectivity index (χ3n) is 10.2. The van der Waals surface area contributed by atoms with E-state index >= 15 is 0 Å². The number of fused-ring (bicyclic) bond motifs is 2. The Morgan fingerprint density at radius 1 is 1.08 bits per heavy atom. The van der Waals surface area contributed by atoms with Crippen LogP contribution in [0.2, 0.25) is 0 Å². The van der Waals surface area contributed by atoms with Gasteiger partial charge in [0.2, 0.25) is 23.6 Å². The highest BCUT2D eigenvalue weighted by Crippen LogP contribution is 2.40. The van der Waals surface area contributed by atoms with Gasteiger partial charge >= 0.3 is 0 Å². The molecule has 5 atom stereocenters. The summed E-state index contributed by atoms with van der Waals surface area (Å²) in [5.74, 6) is -2.95. The molecule has 258 valence electrons. The van der Waals surface area contributed by atoms with Crippen molar-refractivity contribution in [1.82, 2.24) is 25.4 Å². The Hall–Kier alpha value is -5.04. The number of nitrogens with zero attached hydrogens (tertiary/aromatic N) is 3. The van der Waals surface area contributed by atoms with Crippen LogP contribution in [-0.4, -0.2) is 88.1 Å². The molecule has 3 aromatic rings. The molecule has 1 unspecified atom stereocenters. The monoisotopic (exact) mass is 669 g/mol. The van der Waals surface area contributed by atoms with Gasteiger partial charge in [-0.05, 0) is 60.6 Å². The van der Waals surface area contributed by atoms with E-state index in [0.717, 1.165) is 23.1 Å². The molecule has 1 saturated heterocycles. The molecule has 2 aliphatic heterocycles. The van der Waals surface area contributed by atoms with Crippen LogP contribution >= 0.6 is 0 Å². The van der Waals surface area contributed by atoms with Crippen molar-refractivity contribution in [2.75, 3.05) is 26.7 Å². The quantitative estimate of drug-likeness (QED) is 0.189. The summed E-state index contributed by atoms with van der Waals surface area (Å²) < 4.78 is 0. The zero-order valence-corrected chi connectivity index (χ0v) is 28.0. The molecule has 3 heterocycles. The third-order valence-corrected chi connectivity index (χ3v) is 10.2. The largest absolute Gasteiger partial charge is 0.369 e. The average molecular weight is 670 g/mol. The Bertz CT molecular complexity index is 1820. The number of carbonyl (C=O) groups excluding carboxylic acids is 4. The number of piperidine rings is 1. The number of rotatable bonds is 10. The van der Waals surface area contributed by atoms with E-state index in [-0.39, 0.29) is 42.4 Å². The number of H-pyrrole nitrogens is 1. The van der Waals surface area contributed by atoms with E-state index < -0.39 is 40.7 Å². The highest BCUT2D eigenvalue weighted by Gasteiger charge is 2.38. The Balaban J connectivity index is 1.21. The van der Waals surface area contributed by atoms with E-state index in [1.165, 1.54) is 23.1 Å². The van der Waals surface area contributed by atoms with Crippen LogP contribution in [0.1, 0.15) is 43.4 Å². The number of amides is 4. The first-order valence-electron chi connectivity index (χ1n) is 16.8. The van der Waals surface area contributed by atoms with E-state index in [9.17, 15) is 29.3 Å². The lowest BCUT2D eigenvalue weighted by Crippen LogP contribution is -2.58. The van der Waals surface area contributed by atoms with Crippen molar-refractivity contribution in [2.24, 2.45) is 23.5 Å². The second-order valence-electron chi connectivity index (χ2n) is 13.9. The van der Waals surface area contributed by atoms with Gasteiger partial charge in [-0.25, -0.2) is 0 Å². The number of likely N-dealkylation sites (N-methyl/N-ethyl adjacent to an activating group) is 1. The van der Waals surface area contributed by atoms with Crippen LogP contribution in [0.3, 0.4) is 0 Å². The predicted molar refractivity (Wildman–Crippen MR) is 184 cm³/mol. The van der Waals surface area contributed by atoms with Crippen molar-refractivity contribution in [2.45, 2.75) is 57.7 Å². The lowest BCUT2D eigenvalue weighted by molar-refractivity contribution is -0.384. The maximum Gasteiger partial charge on any atom is 0.269 e. The van der Waals surface area contributed by atoms with Crippen molar-refractivity contribution in [1.29, 1.82) is 0 Å². The third kappa shape index (κ3) is 6.93. The lowest BCUT2D eigenvalue weighted by atomic mass is 9.79. The number of nitrogens with one attached hydrogen (secondary N) is 3. The van der Waals surface area contributed by atoms with Crippen LogP contribution in [0, 0.1) is 27.9 Å². The van der Waals surface area contributed by atoms with E-state index in [0.29, 0.717) is 31.5 Å². The number of primary amides is 1. The second-order valence-corrected chi connectivity index (χ2v) is 13.9. The number of nitro groups is 1. The number of benzene rings is 2. The second kappa shape index (κ2) is 13.8. The molecule has 0 spiro atoms. The zero-order valence-electron chi connectivity index (χ0n) is 28.0. The summed E-state index contributed by atoms with van der Waals surface area (Å²) in [6.45, 7) is 4.70. The van der Waals surface area contributed by atoms with E-state index in [2.05, 4.69) is 32.8 Å². The van der Waals surface area contributed by atoms with Gasteiger partial charge in [0.1, 0.15) is 12.1 Å².